The zero-order chi connectivity index (χ0) is 15.1. The second-order valence-corrected chi connectivity index (χ2v) is 5.75. The molecule has 3 atom stereocenters. The molecule has 0 aromatic rings. The Morgan fingerprint density at radius 3 is 2.62 bits per heavy atom. The summed E-state index contributed by atoms with van der Waals surface area (Å²) in [6.07, 6.45) is 0.683. The number of urea groups is 1. The number of rotatable bonds is 2. The largest absolute Gasteiger partial charge is 0.465 e. The molecule has 0 aliphatic carbocycles. The summed E-state index contributed by atoms with van der Waals surface area (Å²) in [6, 6.07) is -1.55. The van der Waals surface area contributed by atoms with E-state index in [9.17, 15) is 19.6 Å². The predicted molar refractivity (Wildman–Crippen MR) is 68.7 cm³/mol. The minimum Gasteiger partial charge on any atom is -0.465 e. The molecule has 2 bridgehead atoms. The SMILES string of the molecule is O=C(N[C@H]1CCN(C(=O)O)C1)[C@@H]1CC[C@@H]2CN1C(=O)N2O. The van der Waals surface area contributed by atoms with Crippen molar-refractivity contribution in [3.8, 4) is 0 Å². The Bertz CT molecular complexity index is 484. The molecule has 3 heterocycles. The highest BCUT2D eigenvalue weighted by molar-refractivity contribution is 5.88. The van der Waals surface area contributed by atoms with Crippen LogP contribution in [0.3, 0.4) is 0 Å². The lowest BCUT2D eigenvalue weighted by Gasteiger charge is -2.30. The van der Waals surface area contributed by atoms with Crippen molar-refractivity contribution in [2.45, 2.75) is 37.4 Å². The monoisotopic (exact) mass is 298 g/mol. The van der Waals surface area contributed by atoms with Gasteiger partial charge in [0.15, 0.2) is 0 Å². The number of nitrogens with zero attached hydrogens (tertiary/aromatic N) is 3. The van der Waals surface area contributed by atoms with Gasteiger partial charge in [0.05, 0.1) is 6.04 Å². The zero-order valence-corrected chi connectivity index (χ0v) is 11.4. The van der Waals surface area contributed by atoms with Crippen LogP contribution < -0.4 is 5.32 Å². The van der Waals surface area contributed by atoms with E-state index in [1.54, 1.807) is 0 Å². The molecule has 0 radical (unpaired) electrons. The molecule has 0 aromatic heterocycles. The van der Waals surface area contributed by atoms with Crippen LogP contribution in [-0.2, 0) is 4.79 Å². The number of hydrogen-bond donors (Lipinski definition) is 3. The molecule has 3 aliphatic heterocycles. The number of hydrogen-bond acceptors (Lipinski definition) is 4. The summed E-state index contributed by atoms with van der Waals surface area (Å²) in [7, 11) is 0. The second kappa shape index (κ2) is 5.06. The van der Waals surface area contributed by atoms with Crippen LogP contribution in [0.2, 0.25) is 0 Å². The zero-order valence-electron chi connectivity index (χ0n) is 11.4. The number of piperidine rings is 1. The van der Waals surface area contributed by atoms with Gasteiger partial charge in [-0.05, 0) is 19.3 Å². The molecule has 4 amide bonds. The minimum absolute atomic E-state index is 0.214. The molecule has 0 spiro atoms. The van der Waals surface area contributed by atoms with E-state index in [0.29, 0.717) is 37.4 Å². The van der Waals surface area contributed by atoms with E-state index in [-0.39, 0.29) is 24.5 Å². The van der Waals surface area contributed by atoms with Crippen LogP contribution in [0.4, 0.5) is 9.59 Å². The maximum absolute atomic E-state index is 12.3. The quantitative estimate of drug-likeness (QED) is 0.595. The predicted octanol–water partition coefficient (Wildman–Crippen LogP) is -0.487. The molecule has 0 saturated carbocycles. The highest BCUT2D eigenvalue weighted by Crippen LogP contribution is 2.28. The number of nitrogens with one attached hydrogen (secondary N) is 1. The Kier molecular flexibility index (Phi) is 3.36. The van der Waals surface area contributed by atoms with Gasteiger partial charge >= 0.3 is 12.1 Å². The number of carbonyl (C=O) groups excluding carboxylic acids is 2. The first kappa shape index (κ1) is 13.9. The Hall–Kier alpha value is -2.03. The maximum atomic E-state index is 12.3. The van der Waals surface area contributed by atoms with Crippen LogP contribution in [0.1, 0.15) is 19.3 Å². The molecular formula is C12H18N4O5. The molecule has 3 aliphatic rings. The third kappa shape index (κ3) is 2.37. The van der Waals surface area contributed by atoms with Crippen LogP contribution in [0.5, 0.6) is 0 Å². The van der Waals surface area contributed by atoms with Crippen molar-refractivity contribution in [3.05, 3.63) is 0 Å². The summed E-state index contributed by atoms with van der Waals surface area (Å²) < 4.78 is 0. The standard InChI is InChI=1S/C12H18N4O5/c17-10(13-7-3-4-14(5-7)12(19)20)9-2-1-8-6-15(9)11(18)16(8)21/h7-9,21H,1-6H2,(H,13,17)(H,19,20)/t7-,8+,9-/m0/s1. The van der Waals surface area contributed by atoms with Gasteiger partial charge in [0.2, 0.25) is 5.91 Å². The third-order valence-corrected chi connectivity index (χ3v) is 4.45. The molecular weight excluding hydrogens is 280 g/mol. The third-order valence-electron chi connectivity index (χ3n) is 4.45. The van der Waals surface area contributed by atoms with E-state index in [4.69, 9.17) is 5.11 Å². The number of carbonyl (C=O) groups is 3. The summed E-state index contributed by atoms with van der Waals surface area (Å²) in [6.45, 7) is 1.04. The summed E-state index contributed by atoms with van der Waals surface area (Å²) in [5.41, 5.74) is 0. The molecule has 116 valence electrons. The molecule has 21 heavy (non-hydrogen) atoms. The first-order chi connectivity index (χ1) is 9.97. The number of amides is 4. The van der Waals surface area contributed by atoms with Crippen molar-refractivity contribution < 1.29 is 24.7 Å². The maximum Gasteiger partial charge on any atom is 0.407 e. The molecule has 0 unspecified atom stereocenters. The van der Waals surface area contributed by atoms with Crippen LogP contribution in [0, 0.1) is 0 Å². The van der Waals surface area contributed by atoms with Gasteiger partial charge in [-0.25, -0.2) is 14.7 Å². The first-order valence-electron chi connectivity index (χ1n) is 7.04. The fourth-order valence-corrected chi connectivity index (χ4v) is 3.27. The molecule has 3 saturated heterocycles. The first-order valence-corrected chi connectivity index (χ1v) is 7.04. The Labute approximate surface area is 121 Å². The highest BCUT2D eigenvalue weighted by atomic mass is 16.5. The van der Waals surface area contributed by atoms with Crippen LogP contribution in [0.25, 0.3) is 0 Å². The summed E-state index contributed by atoms with van der Waals surface area (Å²) in [5.74, 6) is -0.269. The topological polar surface area (TPSA) is 113 Å². The van der Waals surface area contributed by atoms with Crippen molar-refractivity contribution in [1.29, 1.82) is 0 Å². The molecule has 3 rings (SSSR count). The average molecular weight is 298 g/mol. The number of hydroxylamine groups is 2. The summed E-state index contributed by atoms with van der Waals surface area (Å²) in [5, 5.41) is 22.0. The van der Waals surface area contributed by atoms with E-state index in [1.165, 1.54) is 9.80 Å². The second-order valence-electron chi connectivity index (χ2n) is 5.75. The van der Waals surface area contributed by atoms with Gasteiger partial charge in [-0.3, -0.25) is 10.0 Å². The van der Waals surface area contributed by atoms with Gasteiger partial charge in [-0.15, -0.1) is 0 Å². The van der Waals surface area contributed by atoms with Crippen molar-refractivity contribution in [1.82, 2.24) is 20.2 Å². The summed E-state index contributed by atoms with van der Waals surface area (Å²) in [4.78, 5) is 37.6. The molecule has 9 nitrogen and oxygen atoms in total. The van der Waals surface area contributed by atoms with Crippen LogP contribution in [0.15, 0.2) is 0 Å². The van der Waals surface area contributed by atoms with E-state index in [0.717, 1.165) is 0 Å². The van der Waals surface area contributed by atoms with Gasteiger partial charge in [-0.2, -0.15) is 0 Å². The van der Waals surface area contributed by atoms with E-state index in [1.807, 2.05) is 0 Å². The molecule has 3 N–H and O–H groups in total. The lowest BCUT2D eigenvalue weighted by Crippen LogP contribution is -2.52. The van der Waals surface area contributed by atoms with Gasteiger partial charge < -0.3 is 20.2 Å². The molecule has 9 heteroatoms. The fourth-order valence-electron chi connectivity index (χ4n) is 3.27. The van der Waals surface area contributed by atoms with Crippen LogP contribution in [-0.4, -0.2) is 81.0 Å². The van der Waals surface area contributed by atoms with Crippen molar-refractivity contribution >= 4 is 18.0 Å². The molecule has 0 aromatic carbocycles. The fraction of sp³-hybridized carbons (Fsp3) is 0.750. The number of carboxylic acid groups (broad SMARTS) is 1. The summed E-state index contributed by atoms with van der Waals surface area (Å²) >= 11 is 0. The van der Waals surface area contributed by atoms with E-state index in [2.05, 4.69) is 5.32 Å². The van der Waals surface area contributed by atoms with Gasteiger partial charge in [-0.1, -0.05) is 0 Å². The van der Waals surface area contributed by atoms with Gasteiger partial charge in [0.25, 0.3) is 0 Å². The Balaban J connectivity index is 1.59. The van der Waals surface area contributed by atoms with Crippen molar-refractivity contribution in [3.63, 3.8) is 0 Å². The highest BCUT2D eigenvalue weighted by Gasteiger charge is 2.47. The van der Waals surface area contributed by atoms with Crippen molar-refractivity contribution in [2.75, 3.05) is 19.6 Å². The van der Waals surface area contributed by atoms with E-state index < -0.39 is 18.2 Å². The Morgan fingerprint density at radius 2 is 1.95 bits per heavy atom. The van der Waals surface area contributed by atoms with Gasteiger partial charge in [0, 0.05) is 25.7 Å². The van der Waals surface area contributed by atoms with Crippen LogP contribution >= 0.6 is 0 Å². The lowest BCUT2D eigenvalue weighted by atomic mass is 10.00. The number of fused-ring (bicyclic) bond motifs is 2. The average Bonchev–Trinajstić information content (AvgIpc) is 3.00. The smallest absolute Gasteiger partial charge is 0.407 e. The Morgan fingerprint density at radius 1 is 1.19 bits per heavy atom. The normalized spacial score (nSPS) is 31.8. The van der Waals surface area contributed by atoms with E-state index >= 15 is 0 Å². The van der Waals surface area contributed by atoms with Crippen molar-refractivity contribution in [2.24, 2.45) is 0 Å². The minimum atomic E-state index is -0.988. The lowest BCUT2D eigenvalue weighted by molar-refractivity contribution is -0.126. The number of likely N-dealkylation sites (tertiary alicyclic amines) is 1. The van der Waals surface area contributed by atoms with Gasteiger partial charge in [0.1, 0.15) is 6.04 Å². The molecule has 3 fully saturated rings.